The summed E-state index contributed by atoms with van der Waals surface area (Å²) in [5, 5.41) is 5.28. The summed E-state index contributed by atoms with van der Waals surface area (Å²) in [4.78, 5) is 29.0. The Bertz CT molecular complexity index is 1190. The van der Waals surface area contributed by atoms with E-state index >= 15 is 0 Å². The molecule has 0 spiro atoms. The number of amides is 1. The molecule has 128 valence electrons. The first-order valence-electron chi connectivity index (χ1n) is 8.27. The van der Waals surface area contributed by atoms with E-state index in [0.29, 0.717) is 11.0 Å². The number of carbonyl (C=O) groups is 1. The maximum absolute atomic E-state index is 12.4. The van der Waals surface area contributed by atoms with E-state index in [1.807, 2.05) is 43.3 Å². The van der Waals surface area contributed by atoms with Gasteiger partial charge in [-0.2, -0.15) is 0 Å². The fourth-order valence-electron chi connectivity index (χ4n) is 2.96. The molecule has 2 aromatic carbocycles. The van der Waals surface area contributed by atoms with Crippen molar-refractivity contribution in [2.75, 3.05) is 0 Å². The van der Waals surface area contributed by atoms with E-state index in [2.05, 4.69) is 10.3 Å². The van der Waals surface area contributed by atoms with Gasteiger partial charge in [0.05, 0.1) is 17.6 Å². The highest BCUT2D eigenvalue weighted by atomic mass is 16.3. The minimum absolute atomic E-state index is 0.00779. The Kier molecular flexibility index (Phi) is 3.97. The summed E-state index contributed by atoms with van der Waals surface area (Å²) >= 11 is 0. The molecular weight excluding hydrogens is 328 g/mol. The maximum Gasteiger partial charge on any atom is 0.287 e. The van der Waals surface area contributed by atoms with Gasteiger partial charge in [-0.05, 0) is 30.5 Å². The molecule has 5 nitrogen and oxygen atoms in total. The third kappa shape index (κ3) is 2.95. The Balaban J connectivity index is 1.61. The van der Waals surface area contributed by atoms with Crippen LogP contribution in [0.25, 0.3) is 21.7 Å². The maximum atomic E-state index is 12.4. The smallest absolute Gasteiger partial charge is 0.287 e. The lowest BCUT2D eigenvalue weighted by molar-refractivity contribution is 0.0923. The third-order valence-corrected chi connectivity index (χ3v) is 4.28. The van der Waals surface area contributed by atoms with Gasteiger partial charge in [0, 0.05) is 17.6 Å². The van der Waals surface area contributed by atoms with Crippen LogP contribution in [0.2, 0.25) is 0 Å². The predicted molar refractivity (Wildman–Crippen MR) is 100 cm³/mol. The molecule has 0 radical (unpaired) electrons. The van der Waals surface area contributed by atoms with Crippen LogP contribution in [0, 0.1) is 6.92 Å². The first-order valence-corrected chi connectivity index (χ1v) is 8.27. The molecule has 0 saturated carbocycles. The zero-order valence-corrected chi connectivity index (χ0v) is 14.2. The van der Waals surface area contributed by atoms with Crippen molar-refractivity contribution >= 4 is 27.6 Å². The van der Waals surface area contributed by atoms with E-state index in [9.17, 15) is 9.59 Å². The summed E-state index contributed by atoms with van der Waals surface area (Å²) in [6, 6.07) is 16.3. The number of rotatable bonds is 3. The van der Waals surface area contributed by atoms with Crippen LogP contribution in [-0.2, 0) is 6.54 Å². The first kappa shape index (κ1) is 16.0. The lowest BCUT2D eigenvalue weighted by atomic mass is 10.1. The average molecular weight is 344 g/mol. The molecule has 1 amide bonds. The summed E-state index contributed by atoms with van der Waals surface area (Å²) in [6.45, 7) is 2.15. The van der Waals surface area contributed by atoms with Crippen LogP contribution in [0.3, 0.4) is 0 Å². The van der Waals surface area contributed by atoms with Gasteiger partial charge in [0.15, 0.2) is 11.2 Å². The van der Waals surface area contributed by atoms with Crippen LogP contribution in [-0.4, -0.2) is 10.9 Å². The number of benzene rings is 2. The highest BCUT2D eigenvalue weighted by Crippen LogP contribution is 2.17. The largest absolute Gasteiger partial charge is 0.451 e. The lowest BCUT2D eigenvalue weighted by Crippen LogP contribution is -2.24. The van der Waals surface area contributed by atoms with Gasteiger partial charge in [-0.3, -0.25) is 14.6 Å². The van der Waals surface area contributed by atoms with E-state index in [4.69, 9.17) is 4.42 Å². The number of carbonyl (C=O) groups excluding carboxylic acids is 1. The van der Waals surface area contributed by atoms with Crippen molar-refractivity contribution in [2.45, 2.75) is 13.5 Å². The molecule has 0 aliphatic heterocycles. The second kappa shape index (κ2) is 6.44. The van der Waals surface area contributed by atoms with Crippen LogP contribution in [0.4, 0.5) is 0 Å². The average Bonchev–Trinajstić information content (AvgIpc) is 2.66. The van der Waals surface area contributed by atoms with Gasteiger partial charge in [0.1, 0.15) is 5.58 Å². The molecule has 2 aromatic heterocycles. The van der Waals surface area contributed by atoms with E-state index in [1.165, 1.54) is 6.07 Å². The SMILES string of the molecule is Cc1ccc2oc(C(=O)NCc3nccc4ccccc34)cc(=O)c2c1. The second-order valence-electron chi connectivity index (χ2n) is 6.14. The van der Waals surface area contributed by atoms with Crippen molar-refractivity contribution in [2.24, 2.45) is 0 Å². The van der Waals surface area contributed by atoms with Crippen LogP contribution < -0.4 is 10.7 Å². The number of aryl methyl sites for hydroxylation is 1. The molecule has 0 bridgehead atoms. The van der Waals surface area contributed by atoms with E-state index in [0.717, 1.165) is 22.0 Å². The molecule has 0 fully saturated rings. The molecule has 0 aliphatic carbocycles. The molecule has 0 atom stereocenters. The van der Waals surface area contributed by atoms with Crippen molar-refractivity contribution in [3.63, 3.8) is 0 Å². The summed E-state index contributed by atoms with van der Waals surface area (Å²) in [7, 11) is 0. The van der Waals surface area contributed by atoms with Crippen molar-refractivity contribution < 1.29 is 9.21 Å². The summed E-state index contributed by atoms with van der Waals surface area (Å²) in [5.74, 6) is -0.453. The molecular formula is C21H16N2O3. The number of hydrogen-bond donors (Lipinski definition) is 1. The van der Waals surface area contributed by atoms with Gasteiger partial charge in [-0.15, -0.1) is 0 Å². The van der Waals surface area contributed by atoms with Gasteiger partial charge in [0.25, 0.3) is 5.91 Å². The second-order valence-corrected chi connectivity index (χ2v) is 6.14. The van der Waals surface area contributed by atoms with Crippen LogP contribution in [0.1, 0.15) is 21.8 Å². The third-order valence-electron chi connectivity index (χ3n) is 4.28. The van der Waals surface area contributed by atoms with Gasteiger partial charge in [-0.1, -0.05) is 35.9 Å². The molecule has 4 aromatic rings. The number of aromatic nitrogens is 1. The quantitative estimate of drug-likeness (QED) is 0.616. The molecule has 4 rings (SSSR count). The molecule has 26 heavy (non-hydrogen) atoms. The summed E-state index contributed by atoms with van der Waals surface area (Å²) in [6.07, 6.45) is 1.71. The highest BCUT2D eigenvalue weighted by molar-refractivity contribution is 5.93. The first-order chi connectivity index (χ1) is 12.6. The number of fused-ring (bicyclic) bond motifs is 2. The van der Waals surface area contributed by atoms with Crippen LogP contribution >= 0.6 is 0 Å². The lowest BCUT2D eigenvalue weighted by Gasteiger charge is -2.08. The Morgan fingerprint density at radius 1 is 1.08 bits per heavy atom. The van der Waals surface area contributed by atoms with E-state index < -0.39 is 5.91 Å². The zero-order valence-electron chi connectivity index (χ0n) is 14.2. The normalized spacial score (nSPS) is 11.0. The minimum atomic E-state index is -0.445. The Hall–Kier alpha value is -3.47. The molecule has 0 aliphatic rings. The molecule has 0 saturated heterocycles. The Labute approximate surface area is 149 Å². The number of pyridine rings is 1. The highest BCUT2D eigenvalue weighted by Gasteiger charge is 2.13. The van der Waals surface area contributed by atoms with Gasteiger partial charge in [-0.25, -0.2) is 0 Å². The Morgan fingerprint density at radius 3 is 2.81 bits per heavy atom. The molecule has 0 unspecified atom stereocenters. The van der Waals surface area contributed by atoms with Gasteiger partial charge in [0.2, 0.25) is 0 Å². The van der Waals surface area contributed by atoms with E-state index in [1.54, 1.807) is 18.3 Å². The Morgan fingerprint density at radius 2 is 1.92 bits per heavy atom. The monoisotopic (exact) mass is 344 g/mol. The predicted octanol–water partition coefficient (Wildman–Crippen LogP) is 3.58. The van der Waals surface area contributed by atoms with E-state index in [-0.39, 0.29) is 17.7 Å². The number of nitrogens with one attached hydrogen (secondary N) is 1. The van der Waals surface area contributed by atoms with Gasteiger partial charge < -0.3 is 9.73 Å². The summed E-state index contributed by atoms with van der Waals surface area (Å²) in [5.41, 5.74) is 1.89. The molecule has 1 N–H and O–H groups in total. The van der Waals surface area contributed by atoms with Crippen molar-refractivity contribution in [3.05, 3.63) is 88.0 Å². The van der Waals surface area contributed by atoms with Crippen molar-refractivity contribution in [1.82, 2.24) is 10.3 Å². The minimum Gasteiger partial charge on any atom is -0.451 e. The molecule has 2 heterocycles. The van der Waals surface area contributed by atoms with Gasteiger partial charge >= 0.3 is 0 Å². The fraction of sp³-hybridized carbons (Fsp3) is 0.0952. The number of nitrogens with zero attached hydrogens (tertiary/aromatic N) is 1. The number of hydrogen-bond acceptors (Lipinski definition) is 4. The summed E-state index contributed by atoms with van der Waals surface area (Å²) < 4.78 is 5.60. The van der Waals surface area contributed by atoms with Crippen molar-refractivity contribution in [3.8, 4) is 0 Å². The topological polar surface area (TPSA) is 72.2 Å². The van der Waals surface area contributed by atoms with Crippen LogP contribution in [0.15, 0.2) is 70.0 Å². The zero-order chi connectivity index (χ0) is 18.1. The molecule has 5 heteroatoms. The fourth-order valence-corrected chi connectivity index (χ4v) is 2.96. The van der Waals surface area contributed by atoms with Crippen molar-refractivity contribution in [1.29, 1.82) is 0 Å². The van der Waals surface area contributed by atoms with Crippen LogP contribution in [0.5, 0.6) is 0 Å². The standard InChI is InChI=1S/C21H16N2O3/c1-13-6-7-19-16(10-13)18(24)11-20(26-19)21(25)23-12-17-15-5-3-2-4-14(15)8-9-22-17/h2-11H,12H2,1H3,(H,23,25).